The summed E-state index contributed by atoms with van der Waals surface area (Å²) in [5, 5.41) is 10.9. The molecule has 0 rings (SSSR count). The SMILES string of the molecule is C[CH2][Al+][CH2]CCO.O=PO. The number of hydrogen-bond donors (Lipinski definition) is 2. The fourth-order valence-electron chi connectivity index (χ4n) is 0.440. The summed E-state index contributed by atoms with van der Waals surface area (Å²) in [5.41, 5.74) is 0. The molecule has 0 aliphatic rings. The van der Waals surface area contributed by atoms with Crippen molar-refractivity contribution < 1.29 is 14.6 Å². The van der Waals surface area contributed by atoms with Crippen molar-refractivity contribution in [1.29, 1.82) is 0 Å². The summed E-state index contributed by atoms with van der Waals surface area (Å²) in [6.45, 7) is 2.58. The van der Waals surface area contributed by atoms with Gasteiger partial charge in [0.1, 0.15) is 0 Å². The third kappa shape index (κ3) is 23.5. The van der Waals surface area contributed by atoms with Gasteiger partial charge in [-0.25, -0.2) is 4.57 Å². The van der Waals surface area contributed by atoms with E-state index < -0.39 is 8.69 Å². The van der Waals surface area contributed by atoms with E-state index in [0.717, 1.165) is 6.42 Å². The molecule has 2 N–H and O–H groups in total. The van der Waals surface area contributed by atoms with Crippen LogP contribution in [0, 0.1) is 0 Å². The smallest absolute Gasteiger partial charge is 0.310 e. The largest absolute Gasteiger partial charge is 0.324 e. The maximum Gasteiger partial charge on any atom is 0.324 e. The molecule has 0 saturated heterocycles. The first kappa shape index (κ1) is 13.2. The Labute approximate surface area is 69.5 Å². The van der Waals surface area contributed by atoms with Crippen LogP contribution in [0.5, 0.6) is 0 Å². The minimum Gasteiger partial charge on any atom is -0.310 e. The first-order chi connectivity index (χ1) is 4.83. The Morgan fingerprint density at radius 2 is 2.10 bits per heavy atom. The van der Waals surface area contributed by atoms with Gasteiger partial charge in [-0.2, -0.15) is 0 Å². The Balaban J connectivity index is 0. The van der Waals surface area contributed by atoms with Crippen LogP contribution in [0.25, 0.3) is 0 Å². The first-order valence-corrected chi connectivity index (χ1v) is 5.62. The number of rotatable bonds is 4. The topological polar surface area (TPSA) is 57.5 Å². The van der Waals surface area contributed by atoms with Gasteiger partial charge >= 0.3 is 59.5 Å². The van der Waals surface area contributed by atoms with E-state index in [0.29, 0.717) is 21.8 Å². The standard InChI is InChI=1S/C3H7O.C2H5.Al.HO2P/c1-2-3-4;1-2;;1-3-2/h4H,1-3H2;1H2,2H3;;(H,1,2)/q;;+1;. The molecule has 0 aromatic rings. The minimum atomic E-state index is -0.833. The van der Waals surface area contributed by atoms with Crippen LogP contribution in [0.1, 0.15) is 13.3 Å². The summed E-state index contributed by atoms with van der Waals surface area (Å²) in [6, 6.07) is 0. The van der Waals surface area contributed by atoms with Crippen molar-refractivity contribution in [2.75, 3.05) is 6.61 Å². The molecule has 0 aromatic carbocycles. The van der Waals surface area contributed by atoms with Gasteiger partial charge in [-0.3, -0.25) is 0 Å². The fourth-order valence-corrected chi connectivity index (χ4v) is 1.32. The van der Waals surface area contributed by atoms with Gasteiger partial charge in [-0.15, -0.1) is 0 Å². The third-order valence-corrected chi connectivity index (χ3v) is 2.25. The zero-order valence-corrected chi connectivity index (χ0v) is 8.20. The molecule has 0 aliphatic carbocycles. The molecule has 0 amide bonds. The predicted octanol–water partition coefficient (Wildman–Crippen LogP) is 1.11. The van der Waals surface area contributed by atoms with Gasteiger partial charge in [0.25, 0.3) is 0 Å². The van der Waals surface area contributed by atoms with E-state index in [9.17, 15) is 0 Å². The molecule has 0 aromatic heterocycles. The van der Waals surface area contributed by atoms with Gasteiger partial charge < -0.3 is 4.89 Å². The molecule has 0 aliphatic heterocycles. The summed E-state index contributed by atoms with van der Waals surface area (Å²) in [7, 11) is -0.833. The van der Waals surface area contributed by atoms with E-state index in [-0.39, 0.29) is 0 Å². The second-order valence-electron chi connectivity index (χ2n) is 1.64. The molecule has 5 heteroatoms. The van der Waals surface area contributed by atoms with Crippen LogP contribution < -0.4 is 0 Å². The number of aliphatic hydroxyl groups excluding tert-OH is 1. The van der Waals surface area contributed by atoms with Crippen LogP contribution in [0.15, 0.2) is 0 Å². The van der Waals surface area contributed by atoms with Crippen molar-refractivity contribution in [2.45, 2.75) is 23.9 Å². The van der Waals surface area contributed by atoms with E-state index in [1.54, 1.807) is 0 Å². The summed E-state index contributed by atoms with van der Waals surface area (Å²) in [5.74, 6) is 0. The molecule has 0 radical (unpaired) electrons. The monoisotopic (exact) mass is 179 g/mol. The van der Waals surface area contributed by atoms with Crippen molar-refractivity contribution in [3.8, 4) is 0 Å². The van der Waals surface area contributed by atoms with Crippen LogP contribution in [0.3, 0.4) is 0 Å². The quantitative estimate of drug-likeness (QED) is 0.386. The average Bonchev–Trinajstić information content (AvgIpc) is 1.91. The molecule has 0 atom stereocenters. The molecule has 0 heterocycles. The van der Waals surface area contributed by atoms with Gasteiger partial charge in [-0.1, -0.05) is 0 Å². The number of hydrogen-bond acceptors (Lipinski definition) is 2. The molecule has 10 heavy (non-hydrogen) atoms. The van der Waals surface area contributed by atoms with Crippen LogP contribution >= 0.6 is 8.69 Å². The molecule has 58 valence electrons. The van der Waals surface area contributed by atoms with E-state index in [1.807, 2.05) is 0 Å². The van der Waals surface area contributed by atoms with Gasteiger partial charge in [-0.05, 0) is 0 Å². The predicted molar refractivity (Wildman–Crippen MR) is 42.6 cm³/mol. The Morgan fingerprint density at radius 3 is 2.40 bits per heavy atom. The zero-order valence-electron chi connectivity index (χ0n) is 6.16. The van der Waals surface area contributed by atoms with Crippen LogP contribution in [-0.2, 0) is 4.57 Å². The van der Waals surface area contributed by atoms with E-state index in [4.69, 9.17) is 14.6 Å². The Hall–Kier alpha value is 0.552. The molecule has 0 saturated carbocycles. The normalized spacial score (nSPS) is 7.90. The van der Waals surface area contributed by atoms with Crippen LogP contribution in [0.4, 0.5) is 0 Å². The first-order valence-electron chi connectivity index (χ1n) is 3.22. The molecular formula is C5H13AlO3P+. The maximum absolute atomic E-state index is 8.46. The Kier molecular flexibility index (Phi) is 21.4. The van der Waals surface area contributed by atoms with Gasteiger partial charge in [0.2, 0.25) is 0 Å². The molecule has 3 nitrogen and oxygen atoms in total. The Morgan fingerprint density at radius 1 is 1.60 bits per heavy atom. The summed E-state index contributed by atoms with van der Waals surface area (Å²) < 4.78 is 8.46. The van der Waals surface area contributed by atoms with Crippen molar-refractivity contribution in [1.82, 2.24) is 0 Å². The summed E-state index contributed by atoms with van der Waals surface area (Å²) >= 11 is 0.656. The maximum atomic E-state index is 8.46. The minimum absolute atomic E-state index is 0.382. The molecule has 0 unspecified atom stereocenters. The summed E-state index contributed by atoms with van der Waals surface area (Å²) in [6.07, 6.45) is 1.02. The van der Waals surface area contributed by atoms with E-state index >= 15 is 0 Å². The van der Waals surface area contributed by atoms with Crippen molar-refractivity contribution in [3.05, 3.63) is 0 Å². The van der Waals surface area contributed by atoms with Gasteiger partial charge in [0, 0.05) is 0 Å². The van der Waals surface area contributed by atoms with Crippen LogP contribution in [-0.4, -0.2) is 31.8 Å². The Bertz CT molecular complexity index is 58.9. The van der Waals surface area contributed by atoms with Gasteiger partial charge in [0.05, 0.1) is 0 Å². The fraction of sp³-hybridized carbons (Fsp3) is 1.00. The average molecular weight is 179 g/mol. The second kappa shape index (κ2) is 16.3. The molecule has 0 bridgehead atoms. The molecule has 0 fully saturated rings. The summed E-state index contributed by atoms with van der Waals surface area (Å²) in [4.78, 5) is 6.99. The van der Waals surface area contributed by atoms with E-state index in [1.165, 1.54) is 10.6 Å². The van der Waals surface area contributed by atoms with Crippen molar-refractivity contribution in [2.24, 2.45) is 0 Å². The number of aliphatic hydroxyl groups is 1. The van der Waals surface area contributed by atoms with Crippen molar-refractivity contribution in [3.63, 3.8) is 0 Å². The van der Waals surface area contributed by atoms with Crippen LogP contribution in [0.2, 0.25) is 10.6 Å². The molecule has 0 spiro atoms. The third-order valence-electron chi connectivity index (χ3n) is 0.855. The van der Waals surface area contributed by atoms with E-state index in [2.05, 4.69) is 6.92 Å². The second-order valence-corrected chi connectivity index (χ2v) is 3.78. The molecular weight excluding hydrogens is 166 g/mol. The zero-order chi connectivity index (χ0) is 8.24. The van der Waals surface area contributed by atoms with Crippen molar-refractivity contribution >= 4 is 23.9 Å². The van der Waals surface area contributed by atoms with Gasteiger partial charge in [0.15, 0.2) is 0 Å².